The Morgan fingerprint density at radius 1 is 1.12 bits per heavy atom. The molecule has 1 N–H and O–H groups in total. The molecule has 4 rings (SSSR count). The van der Waals surface area contributed by atoms with Crippen molar-refractivity contribution in [1.82, 2.24) is 15.2 Å². The standard InChI is InChI=1S/C25H27N3O2S2/c1-2-21(18-9-5-3-6-10-18)25(30)28-17-31-16-22(28)23(29)26-14-13-20-15-32-24(27-20)19-11-7-4-8-12-19/h3-12,15,21-22H,2,13-14,16-17H2,1H3,(H,26,29). The number of hydrogen-bond donors (Lipinski definition) is 1. The highest BCUT2D eigenvalue weighted by atomic mass is 32.2. The molecule has 2 aromatic carbocycles. The second kappa shape index (κ2) is 10.8. The lowest BCUT2D eigenvalue weighted by atomic mass is 9.94. The predicted octanol–water partition coefficient (Wildman–Crippen LogP) is 4.56. The van der Waals surface area contributed by atoms with Crippen LogP contribution in [0.25, 0.3) is 10.6 Å². The minimum Gasteiger partial charge on any atom is -0.354 e. The predicted molar refractivity (Wildman–Crippen MR) is 132 cm³/mol. The zero-order valence-electron chi connectivity index (χ0n) is 18.1. The number of amides is 2. The van der Waals surface area contributed by atoms with E-state index in [1.54, 1.807) is 28.0 Å². The van der Waals surface area contributed by atoms with Crippen molar-refractivity contribution in [3.63, 3.8) is 0 Å². The molecule has 7 heteroatoms. The maximum atomic E-state index is 13.2. The fourth-order valence-corrected chi connectivity index (χ4v) is 5.91. The van der Waals surface area contributed by atoms with Crippen LogP contribution in [0.3, 0.4) is 0 Å². The van der Waals surface area contributed by atoms with Crippen molar-refractivity contribution < 1.29 is 9.59 Å². The van der Waals surface area contributed by atoms with E-state index in [1.165, 1.54) is 0 Å². The van der Waals surface area contributed by atoms with Crippen molar-refractivity contribution >= 4 is 34.9 Å². The molecule has 3 aromatic rings. The number of aromatic nitrogens is 1. The van der Waals surface area contributed by atoms with Crippen LogP contribution in [0.5, 0.6) is 0 Å². The number of carbonyl (C=O) groups excluding carboxylic acids is 2. The number of benzene rings is 2. The Bertz CT molecular complexity index is 1040. The van der Waals surface area contributed by atoms with Gasteiger partial charge in [-0.05, 0) is 12.0 Å². The van der Waals surface area contributed by atoms with E-state index in [-0.39, 0.29) is 17.7 Å². The molecule has 0 aliphatic carbocycles. The highest BCUT2D eigenvalue weighted by molar-refractivity contribution is 7.99. The highest BCUT2D eigenvalue weighted by Gasteiger charge is 2.37. The molecule has 1 saturated heterocycles. The summed E-state index contributed by atoms with van der Waals surface area (Å²) in [6.07, 6.45) is 1.39. The minimum absolute atomic E-state index is 0.0378. The van der Waals surface area contributed by atoms with Crippen LogP contribution in [0.15, 0.2) is 66.0 Å². The minimum atomic E-state index is -0.416. The van der Waals surface area contributed by atoms with Gasteiger partial charge in [0, 0.05) is 29.7 Å². The van der Waals surface area contributed by atoms with E-state index in [0.717, 1.165) is 21.8 Å². The van der Waals surface area contributed by atoms with Crippen LogP contribution in [0, 0.1) is 0 Å². The number of hydrogen-bond acceptors (Lipinski definition) is 5. The summed E-state index contributed by atoms with van der Waals surface area (Å²) in [6.45, 7) is 2.53. The zero-order chi connectivity index (χ0) is 22.3. The van der Waals surface area contributed by atoms with Crippen molar-refractivity contribution in [2.45, 2.75) is 31.7 Å². The molecule has 0 saturated carbocycles. The molecule has 1 aliphatic heterocycles. The van der Waals surface area contributed by atoms with Gasteiger partial charge in [0.2, 0.25) is 11.8 Å². The number of rotatable bonds is 8. The number of nitrogens with one attached hydrogen (secondary N) is 1. The van der Waals surface area contributed by atoms with E-state index < -0.39 is 6.04 Å². The molecular formula is C25H27N3O2S2. The van der Waals surface area contributed by atoms with Gasteiger partial charge in [-0.3, -0.25) is 9.59 Å². The van der Waals surface area contributed by atoms with Crippen molar-refractivity contribution in [2.75, 3.05) is 18.2 Å². The summed E-state index contributed by atoms with van der Waals surface area (Å²) in [5.41, 5.74) is 3.08. The average molecular weight is 466 g/mol. The molecule has 1 aromatic heterocycles. The largest absolute Gasteiger partial charge is 0.354 e. The van der Waals surface area contributed by atoms with E-state index in [9.17, 15) is 9.59 Å². The summed E-state index contributed by atoms with van der Waals surface area (Å²) in [6, 6.07) is 19.5. The SMILES string of the molecule is CCC(C(=O)N1CSCC1C(=O)NCCc1csc(-c2ccccc2)n1)c1ccccc1. The van der Waals surface area contributed by atoms with Crippen molar-refractivity contribution in [3.05, 3.63) is 77.3 Å². The Morgan fingerprint density at radius 3 is 2.56 bits per heavy atom. The lowest BCUT2D eigenvalue weighted by Gasteiger charge is -2.27. The zero-order valence-corrected chi connectivity index (χ0v) is 19.7. The van der Waals surface area contributed by atoms with Gasteiger partial charge in [-0.1, -0.05) is 67.6 Å². The van der Waals surface area contributed by atoms with Gasteiger partial charge in [-0.25, -0.2) is 4.98 Å². The van der Waals surface area contributed by atoms with Crippen LogP contribution < -0.4 is 5.32 Å². The van der Waals surface area contributed by atoms with E-state index in [0.29, 0.717) is 31.0 Å². The molecule has 1 aliphatic rings. The number of carbonyl (C=O) groups is 2. The third-order valence-corrected chi connectivity index (χ3v) is 7.58. The number of thiazole rings is 1. The molecule has 5 nitrogen and oxygen atoms in total. The summed E-state index contributed by atoms with van der Waals surface area (Å²) in [7, 11) is 0. The van der Waals surface area contributed by atoms with Crippen molar-refractivity contribution in [2.24, 2.45) is 0 Å². The molecule has 0 bridgehead atoms. The van der Waals surface area contributed by atoms with Crippen molar-refractivity contribution in [3.8, 4) is 10.6 Å². The molecular weight excluding hydrogens is 438 g/mol. The molecule has 166 valence electrons. The topological polar surface area (TPSA) is 62.3 Å². The number of thioether (sulfide) groups is 1. The van der Waals surface area contributed by atoms with Gasteiger partial charge in [0.15, 0.2) is 0 Å². The molecule has 0 spiro atoms. The molecule has 2 atom stereocenters. The fraction of sp³-hybridized carbons (Fsp3) is 0.320. The summed E-state index contributed by atoms with van der Waals surface area (Å²) >= 11 is 3.25. The normalized spacial score (nSPS) is 16.7. The lowest BCUT2D eigenvalue weighted by Crippen LogP contribution is -2.49. The third kappa shape index (κ3) is 5.22. The second-order valence-corrected chi connectivity index (χ2v) is 9.60. The van der Waals surface area contributed by atoms with Gasteiger partial charge in [-0.2, -0.15) is 0 Å². The van der Waals surface area contributed by atoms with Gasteiger partial charge >= 0.3 is 0 Å². The smallest absolute Gasteiger partial charge is 0.243 e. The van der Waals surface area contributed by atoms with Gasteiger partial charge in [0.25, 0.3) is 0 Å². The molecule has 2 unspecified atom stereocenters. The highest BCUT2D eigenvalue weighted by Crippen LogP contribution is 2.29. The quantitative estimate of drug-likeness (QED) is 0.530. The van der Waals surface area contributed by atoms with Crippen LogP contribution in [0.4, 0.5) is 0 Å². The molecule has 1 fully saturated rings. The first kappa shape index (κ1) is 22.6. The van der Waals surface area contributed by atoms with Gasteiger partial charge in [0.05, 0.1) is 17.5 Å². The lowest BCUT2D eigenvalue weighted by molar-refractivity contribution is -0.139. The van der Waals surface area contributed by atoms with Gasteiger partial charge in [-0.15, -0.1) is 23.1 Å². The molecule has 0 radical (unpaired) electrons. The summed E-state index contributed by atoms with van der Waals surface area (Å²) in [5, 5.41) is 6.05. The van der Waals surface area contributed by atoms with Crippen LogP contribution in [-0.2, 0) is 16.0 Å². The van der Waals surface area contributed by atoms with E-state index in [4.69, 9.17) is 0 Å². The van der Waals surface area contributed by atoms with E-state index in [1.807, 2.05) is 73.0 Å². The molecule has 2 amide bonds. The van der Waals surface area contributed by atoms with Crippen LogP contribution in [0.1, 0.15) is 30.5 Å². The maximum absolute atomic E-state index is 13.2. The summed E-state index contributed by atoms with van der Waals surface area (Å²) in [5.74, 6) is 0.946. The van der Waals surface area contributed by atoms with E-state index in [2.05, 4.69) is 10.3 Å². The third-order valence-electron chi connectivity index (χ3n) is 5.63. The average Bonchev–Trinajstić information content (AvgIpc) is 3.51. The van der Waals surface area contributed by atoms with Gasteiger partial charge in [0.1, 0.15) is 11.0 Å². The Labute approximate surface area is 197 Å². The Kier molecular flexibility index (Phi) is 7.60. The Balaban J connectivity index is 1.33. The number of nitrogens with zero attached hydrogens (tertiary/aromatic N) is 2. The molecule has 2 heterocycles. The van der Waals surface area contributed by atoms with Crippen molar-refractivity contribution in [1.29, 1.82) is 0 Å². The molecule has 32 heavy (non-hydrogen) atoms. The first-order valence-corrected chi connectivity index (χ1v) is 12.9. The van der Waals surface area contributed by atoms with Crippen LogP contribution >= 0.6 is 23.1 Å². The second-order valence-electron chi connectivity index (χ2n) is 7.75. The Hall–Kier alpha value is -2.64. The van der Waals surface area contributed by atoms with E-state index >= 15 is 0 Å². The Morgan fingerprint density at radius 2 is 1.84 bits per heavy atom. The van der Waals surface area contributed by atoms with Crippen LogP contribution in [-0.4, -0.2) is 45.9 Å². The van der Waals surface area contributed by atoms with Gasteiger partial charge < -0.3 is 10.2 Å². The first-order valence-electron chi connectivity index (χ1n) is 10.9. The summed E-state index contributed by atoms with van der Waals surface area (Å²) in [4.78, 5) is 32.6. The first-order chi connectivity index (χ1) is 15.7. The summed E-state index contributed by atoms with van der Waals surface area (Å²) < 4.78 is 0. The monoisotopic (exact) mass is 465 g/mol. The maximum Gasteiger partial charge on any atom is 0.243 e. The fourth-order valence-electron chi connectivity index (χ4n) is 3.88. The van der Waals surface area contributed by atoms with Crippen LogP contribution in [0.2, 0.25) is 0 Å².